The molecular formula is C14H13N5O6. The van der Waals surface area contributed by atoms with E-state index in [0.717, 1.165) is 4.90 Å². The van der Waals surface area contributed by atoms with E-state index in [9.17, 15) is 24.8 Å². The Labute approximate surface area is 140 Å². The van der Waals surface area contributed by atoms with E-state index in [1.54, 1.807) is 0 Å². The molecule has 1 aromatic carbocycles. The van der Waals surface area contributed by atoms with E-state index >= 15 is 0 Å². The molecule has 0 spiro atoms. The maximum atomic E-state index is 12.4. The molecule has 2 aromatic rings. The second kappa shape index (κ2) is 6.28. The van der Waals surface area contributed by atoms with Gasteiger partial charge in [0, 0.05) is 12.1 Å². The molecule has 1 fully saturated rings. The topological polar surface area (TPSA) is 146 Å². The Balaban J connectivity index is 1.72. The molecule has 3 rings (SSSR count). The highest BCUT2D eigenvalue weighted by atomic mass is 16.6. The number of amides is 2. The van der Waals surface area contributed by atoms with Gasteiger partial charge in [-0.2, -0.15) is 0 Å². The first-order valence-corrected chi connectivity index (χ1v) is 7.25. The van der Waals surface area contributed by atoms with Gasteiger partial charge in [0.25, 0.3) is 11.6 Å². The minimum Gasteiger partial charge on any atom is -0.539 e. The van der Waals surface area contributed by atoms with Crippen LogP contribution in [0.2, 0.25) is 0 Å². The van der Waals surface area contributed by atoms with Crippen molar-refractivity contribution in [2.45, 2.75) is 19.0 Å². The minimum atomic E-state index is -0.808. The van der Waals surface area contributed by atoms with Crippen LogP contribution in [0.1, 0.15) is 12.1 Å². The zero-order valence-corrected chi connectivity index (χ0v) is 13.0. The second-order valence-electron chi connectivity index (χ2n) is 5.41. The van der Waals surface area contributed by atoms with Crippen LogP contribution in [0.25, 0.3) is 0 Å². The summed E-state index contributed by atoms with van der Waals surface area (Å²) >= 11 is 0. The molecule has 2 heterocycles. The standard InChI is InChI=1S/C14H13N5O6/c1-17-11(14(22)25-16-17)7-15-10-6-12(20)18(13(10)21)8-2-4-9(5-3-8)19(23)24/h2-5,10,15H,6-7H2,1H3. The van der Waals surface area contributed by atoms with Crippen LogP contribution >= 0.6 is 0 Å². The zero-order chi connectivity index (χ0) is 18.1. The van der Waals surface area contributed by atoms with Crippen LogP contribution in [0.5, 0.6) is 5.95 Å². The van der Waals surface area contributed by atoms with Crippen LogP contribution in [0.3, 0.4) is 0 Å². The predicted molar refractivity (Wildman–Crippen MR) is 78.0 cm³/mol. The van der Waals surface area contributed by atoms with Gasteiger partial charge in [-0.25, -0.2) is 4.90 Å². The first-order valence-electron chi connectivity index (χ1n) is 7.25. The van der Waals surface area contributed by atoms with Gasteiger partial charge in [0.15, 0.2) is 13.0 Å². The molecule has 2 amide bonds. The normalized spacial score (nSPS) is 17.3. The van der Waals surface area contributed by atoms with Crippen molar-refractivity contribution >= 4 is 23.2 Å². The Morgan fingerprint density at radius 2 is 2.08 bits per heavy atom. The number of nitro benzene ring substituents is 1. The molecule has 11 nitrogen and oxygen atoms in total. The maximum absolute atomic E-state index is 12.4. The van der Waals surface area contributed by atoms with Gasteiger partial charge < -0.3 is 9.63 Å². The summed E-state index contributed by atoms with van der Waals surface area (Å²) in [7, 11) is 1.52. The molecule has 0 bridgehead atoms. The maximum Gasteiger partial charge on any atom is 0.269 e. The highest BCUT2D eigenvalue weighted by Crippen LogP contribution is 2.25. The fraction of sp³-hybridized carbons (Fsp3) is 0.286. The van der Waals surface area contributed by atoms with Crippen LogP contribution in [0.4, 0.5) is 11.4 Å². The van der Waals surface area contributed by atoms with Crippen LogP contribution in [-0.4, -0.2) is 28.1 Å². The lowest BCUT2D eigenvalue weighted by Crippen LogP contribution is -2.42. The van der Waals surface area contributed by atoms with Crippen molar-refractivity contribution in [2.24, 2.45) is 7.05 Å². The quantitative estimate of drug-likeness (QED) is 0.310. The minimum absolute atomic E-state index is 0.0105. The van der Waals surface area contributed by atoms with Gasteiger partial charge in [-0.3, -0.25) is 25.0 Å². The highest BCUT2D eigenvalue weighted by Gasteiger charge is 2.39. The number of nitrogens with one attached hydrogen (secondary N) is 1. The van der Waals surface area contributed by atoms with Crippen molar-refractivity contribution < 1.29 is 28.8 Å². The average molecular weight is 347 g/mol. The van der Waals surface area contributed by atoms with Gasteiger partial charge in [-0.1, -0.05) is 4.68 Å². The number of benzene rings is 1. The van der Waals surface area contributed by atoms with Crippen molar-refractivity contribution in [1.29, 1.82) is 0 Å². The number of carbonyl (C=O) groups is 2. The number of imide groups is 1. The SMILES string of the molecule is C[n+]1noc([O-])c1CNC1CC(=O)N(c2ccc([N+](=O)[O-])cc2)C1=O. The number of nitro groups is 1. The molecule has 1 aromatic heterocycles. The van der Waals surface area contributed by atoms with Crippen LogP contribution in [-0.2, 0) is 23.2 Å². The molecule has 0 radical (unpaired) electrons. The molecule has 1 unspecified atom stereocenters. The second-order valence-corrected chi connectivity index (χ2v) is 5.41. The molecule has 1 atom stereocenters. The van der Waals surface area contributed by atoms with Crippen molar-refractivity contribution in [3.8, 4) is 5.95 Å². The summed E-state index contributed by atoms with van der Waals surface area (Å²) in [5, 5.41) is 28.4. The molecule has 1 aliphatic rings. The number of aryl methyl sites for hydroxylation is 1. The number of rotatable bonds is 5. The molecule has 130 valence electrons. The van der Waals surface area contributed by atoms with Crippen LogP contribution in [0.15, 0.2) is 28.8 Å². The Bertz CT molecular complexity index is 826. The van der Waals surface area contributed by atoms with Gasteiger partial charge in [0.05, 0.1) is 34.9 Å². The lowest BCUT2D eigenvalue weighted by molar-refractivity contribution is -0.746. The van der Waals surface area contributed by atoms with Crippen molar-refractivity contribution in [2.75, 3.05) is 4.90 Å². The Morgan fingerprint density at radius 1 is 1.40 bits per heavy atom. The summed E-state index contributed by atoms with van der Waals surface area (Å²) in [6.45, 7) is 0.0105. The van der Waals surface area contributed by atoms with Gasteiger partial charge >= 0.3 is 0 Å². The fourth-order valence-electron chi connectivity index (χ4n) is 2.52. The number of aromatic nitrogens is 2. The van der Waals surface area contributed by atoms with Gasteiger partial charge in [0.2, 0.25) is 11.6 Å². The summed E-state index contributed by atoms with van der Waals surface area (Å²) < 4.78 is 5.72. The predicted octanol–water partition coefficient (Wildman–Crippen LogP) is -1.10. The van der Waals surface area contributed by atoms with E-state index in [-0.39, 0.29) is 30.0 Å². The smallest absolute Gasteiger partial charge is 0.269 e. The summed E-state index contributed by atoms with van der Waals surface area (Å²) in [5.74, 6) is -1.56. The number of hydrogen-bond acceptors (Lipinski definition) is 8. The summed E-state index contributed by atoms with van der Waals surface area (Å²) in [4.78, 5) is 35.7. The number of anilines is 1. The molecule has 1 saturated heterocycles. The Kier molecular flexibility index (Phi) is 4.15. The number of carbonyl (C=O) groups excluding carboxylic acids is 2. The first kappa shape index (κ1) is 16.5. The molecule has 25 heavy (non-hydrogen) atoms. The molecule has 0 aliphatic carbocycles. The van der Waals surface area contributed by atoms with Gasteiger partial charge in [0.1, 0.15) is 0 Å². The van der Waals surface area contributed by atoms with E-state index in [2.05, 4.69) is 15.1 Å². The molecule has 1 aliphatic heterocycles. The third-order valence-electron chi connectivity index (χ3n) is 3.85. The molecule has 11 heteroatoms. The van der Waals surface area contributed by atoms with E-state index in [4.69, 9.17) is 0 Å². The van der Waals surface area contributed by atoms with Crippen LogP contribution < -0.4 is 20.0 Å². The summed E-state index contributed by atoms with van der Waals surface area (Å²) in [5.41, 5.74) is 0.333. The molecular weight excluding hydrogens is 334 g/mol. The van der Waals surface area contributed by atoms with Crippen molar-refractivity contribution in [3.05, 3.63) is 40.1 Å². The first-order chi connectivity index (χ1) is 11.9. The van der Waals surface area contributed by atoms with Crippen molar-refractivity contribution in [1.82, 2.24) is 10.6 Å². The molecule has 1 N–H and O–H groups in total. The van der Waals surface area contributed by atoms with E-state index < -0.39 is 28.7 Å². The van der Waals surface area contributed by atoms with Gasteiger partial charge in [-0.05, 0) is 12.1 Å². The lowest BCUT2D eigenvalue weighted by Gasteiger charge is -2.15. The third-order valence-corrected chi connectivity index (χ3v) is 3.85. The largest absolute Gasteiger partial charge is 0.539 e. The fourth-order valence-corrected chi connectivity index (χ4v) is 2.52. The Hall–Kier alpha value is -3.34. The Morgan fingerprint density at radius 3 is 2.64 bits per heavy atom. The average Bonchev–Trinajstić information content (AvgIpc) is 3.04. The number of non-ortho nitro benzene ring substituents is 1. The molecule has 0 saturated carbocycles. The summed E-state index contributed by atoms with van der Waals surface area (Å²) in [6, 6.07) is 4.31. The number of nitrogens with zero attached hydrogens (tertiary/aromatic N) is 4. The van der Waals surface area contributed by atoms with E-state index in [0.29, 0.717) is 0 Å². The monoisotopic (exact) mass is 347 g/mol. The lowest BCUT2D eigenvalue weighted by atomic mass is 10.2. The number of hydrogen-bond donors (Lipinski definition) is 1. The van der Waals surface area contributed by atoms with Crippen LogP contribution in [0, 0.1) is 10.1 Å². The summed E-state index contributed by atoms with van der Waals surface area (Å²) in [6.07, 6.45) is -0.0843. The zero-order valence-electron chi connectivity index (χ0n) is 13.0. The van der Waals surface area contributed by atoms with Gasteiger partial charge in [-0.15, -0.1) is 0 Å². The third kappa shape index (κ3) is 3.04. The van der Waals surface area contributed by atoms with E-state index in [1.807, 2.05) is 0 Å². The van der Waals surface area contributed by atoms with Crippen molar-refractivity contribution in [3.63, 3.8) is 0 Å². The van der Waals surface area contributed by atoms with E-state index in [1.165, 1.54) is 36.0 Å². The highest BCUT2D eigenvalue weighted by molar-refractivity contribution is 6.22.